The summed E-state index contributed by atoms with van der Waals surface area (Å²) >= 11 is 0. The minimum Gasteiger partial charge on any atom is -0.481 e. The Kier molecular flexibility index (Phi) is 7.54. The van der Waals surface area contributed by atoms with E-state index in [1.165, 1.54) is 12.8 Å². The Morgan fingerprint density at radius 2 is 1.86 bits per heavy atom. The average molecular weight is 298 g/mol. The zero-order valence-corrected chi connectivity index (χ0v) is 13.6. The highest BCUT2D eigenvalue weighted by molar-refractivity contribution is 5.74. The van der Waals surface area contributed by atoms with Crippen molar-refractivity contribution >= 4 is 12.0 Å². The number of nitrogens with one attached hydrogen (secondary N) is 1. The van der Waals surface area contributed by atoms with Crippen molar-refractivity contribution in [2.75, 3.05) is 13.6 Å². The topological polar surface area (TPSA) is 69.6 Å². The van der Waals surface area contributed by atoms with Crippen LogP contribution in [-0.2, 0) is 4.79 Å². The summed E-state index contributed by atoms with van der Waals surface area (Å²) in [5.74, 6) is 0.0395. The molecule has 1 aliphatic carbocycles. The second kappa shape index (κ2) is 8.90. The lowest BCUT2D eigenvalue weighted by molar-refractivity contribution is -0.137. The summed E-state index contributed by atoms with van der Waals surface area (Å²) < 4.78 is 0. The van der Waals surface area contributed by atoms with E-state index in [4.69, 9.17) is 5.11 Å². The van der Waals surface area contributed by atoms with Crippen molar-refractivity contribution in [3.8, 4) is 0 Å². The SMILES string of the molecule is CC(C)C(CCNC(=O)N(C)C1CCCC1)CCC(=O)O. The van der Waals surface area contributed by atoms with Crippen molar-refractivity contribution in [3.63, 3.8) is 0 Å². The van der Waals surface area contributed by atoms with Crippen molar-refractivity contribution in [3.05, 3.63) is 0 Å². The van der Waals surface area contributed by atoms with Crippen LogP contribution in [0.2, 0.25) is 0 Å². The molecule has 1 fully saturated rings. The molecule has 122 valence electrons. The number of urea groups is 1. The summed E-state index contributed by atoms with van der Waals surface area (Å²) in [6, 6.07) is 0.389. The molecular formula is C16H30N2O3. The van der Waals surface area contributed by atoms with Crippen LogP contribution in [0.4, 0.5) is 4.79 Å². The number of carbonyl (C=O) groups excluding carboxylic acids is 1. The molecule has 1 saturated carbocycles. The molecule has 5 heteroatoms. The summed E-state index contributed by atoms with van der Waals surface area (Å²) in [4.78, 5) is 24.6. The highest BCUT2D eigenvalue weighted by Gasteiger charge is 2.23. The molecule has 21 heavy (non-hydrogen) atoms. The van der Waals surface area contributed by atoms with Crippen LogP contribution in [0.1, 0.15) is 58.8 Å². The maximum atomic E-state index is 12.1. The number of carbonyl (C=O) groups is 2. The molecule has 1 atom stereocenters. The van der Waals surface area contributed by atoms with E-state index < -0.39 is 5.97 Å². The monoisotopic (exact) mass is 298 g/mol. The van der Waals surface area contributed by atoms with Gasteiger partial charge in [-0.25, -0.2) is 4.79 Å². The fraction of sp³-hybridized carbons (Fsp3) is 0.875. The number of amides is 2. The fourth-order valence-electron chi connectivity index (χ4n) is 3.07. The molecule has 0 aromatic carbocycles. The van der Waals surface area contributed by atoms with Crippen LogP contribution in [0, 0.1) is 11.8 Å². The predicted molar refractivity (Wildman–Crippen MR) is 83.2 cm³/mol. The zero-order chi connectivity index (χ0) is 15.8. The number of aliphatic carboxylic acids is 1. The maximum Gasteiger partial charge on any atom is 0.317 e. The summed E-state index contributed by atoms with van der Waals surface area (Å²) in [6.07, 6.45) is 6.38. The van der Waals surface area contributed by atoms with Crippen LogP contribution < -0.4 is 5.32 Å². The zero-order valence-electron chi connectivity index (χ0n) is 13.6. The smallest absolute Gasteiger partial charge is 0.317 e. The van der Waals surface area contributed by atoms with Crippen molar-refractivity contribution in [2.45, 2.75) is 64.8 Å². The summed E-state index contributed by atoms with van der Waals surface area (Å²) in [6.45, 7) is 4.84. The molecule has 0 aromatic rings. The van der Waals surface area contributed by atoms with Gasteiger partial charge in [0.2, 0.25) is 0 Å². The van der Waals surface area contributed by atoms with Crippen LogP contribution >= 0.6 is 0 Å². The van der Waals surface area contributed by atoms with Crippen LogP contribution in [0.25, 0.3) is 0 Å². The van der Waals surface area contributed by atoms with E-state index in [1.807, 2.05) is 11.9 Å². The van der Waals surface area contributed by atoms with E-state index in [0.717, 1.165) is 19.3 Å². The molecule has 0 radical (unpaired) electrons. The third kappa shape index (κ3) is 6.36. The van der Waals surface area contributed by atoms with E-state index in [2.05, 4.69) is 19.2 Å². The van der Waals surface area contributed by atoms with Gasteiger partial charge in [-0.05, 0) is 37.5 Å². The second-order valence-corrected chi connectivity index (χ2v) is 6.51. The van der Waals surface area contributed by atoms with Crippen LogP contribution in [-0.4, -0.2) is 41.6 Å². The molecule has 0 aliphatic heterocycles. The summed E-state index contributed by atoms with van der Waals surface area (Å²) in [5, 5.41) is 11.7. The highest BCUT2D eigenvalue weighted by atomic mass is 16.4. The van der Waals surface area contributed by atoms with Gasteiger partial charge in [-0.15, -0.1) is 0 Å². The van der Waals surface area contributed by atoms with Gasteiger partial charge in [0.05, 0.1) is 0 Å². The van der Waals surface area contributed by atoms with Crippen LogP contribution in [0.5, 0.6) is 0 Å². The number of carboxylic acids is 1. The molecular weight excluding hydrogens is 268 g/mol. The van der Waals surface area contributed by atoms with Crippen molar-refractivity contribution in [1.29, 1.82) is 0 Å². The number of rotatable bonds is 8. The molecule has 0 heterocycles. The molecule has 0 spiro atoms. The van der Waals surface area contributed by atoms with E-state index in [0.29, 0.717) is 30.8 Å². The van der Waals surface area contributed by atoms with E-state index in [-0.39, 0.29) is 12.5 Å². The van der Waals surface area contributed by atoms with Gasteiger partial charge in [-0.2, -0.15) is 0 Å². The Labute approximate surface area is 128 Å². The highest BCUT2D eigenvalue weighted by Crippen LogP contribution is 2.23. The number of carboxylic acid groups (broad SMARTS) is 1. The van der Waals surface area contributed by atoms with Crippen LogP contribution in [0.3, 0.4) is 0 Å². The lowest BCUT2D eigenvalue weighted by Crippen LogP contribution is -2.43. The minimum absolute atomic E-state index is 0.00245. The first-order valence-electron chi connectivity index (χ1n) is 8.14. The first-order chi connectivity index (χ1) is 9.91. The first-order valence-corrected chi connectivity index (χ1v) is 8.14. The van der Waals surface area contributed by atoms with Crippen molar-refractivity contribution in [2.24, 2.45) is 11.8 Å². The first kappa shape index (κ1) is 17.8. The molecule has 1 aliphatic rings. The van der Waals surface area contributed by atoms with Gasteiger partial charge in [0.15, 0.2) is 0 Å². The van der Waals surface area contributed by atoms with Gasteiger partial charge < -0.3 is 15.3 Å². The predicted octanol–water partition coefficient (Wildman–Crippen LogP) is 3.10. The quantitative estimate of drug-likeness (QED) is 0.723. The molecule has 1 unspecified atom stereocenters. The van der Waals surface area contributed by atoms with Gasteiger partial charge in [-0.3, -0.25) is 4.79 Å². The third-order valence-corrected chi connectivity index (χ3v) is 4.66. The Balaban J connectivity index is 2.28. The molecule has 2 amide bonds. The third-order valence-electron chi connectivity index (χ3n) is 4.66. The minimum atomic E-state index is -0.745. The number of nitrogens with zero attached hydrogens (tertiary/aromatic N) is 1. The largest absolute Gasteiger partial charge is 0.481 e. The Bertz CT molecular complexity index is 338. The lowest BCUT2D eigenvalue weighted by atomic mass is 9.88. The molecule has 2 N–H and O–H groups in total. The van der Waals surface area contributed by atoms with Crippen molar-refractivity contribution in [1.82, 2.24) is 10.2 Å². The van der Waals surface area contributed by atoms with Gasteiger partial charge in [0.1, 0.15) is 0 Å². The van der Waals surface area contributed by atoms with Crippen molar-refractivity contribution < 1.29 is 14.7 Å². The van der Waals surface area contributed by atoms with Gasteiger partial charge in [-0.1, -0.05) is 26.7 Å². The standard InChI is InChI=1S/C16H30N2O3/c1-12(2)13(8-9-15(19)20)10-11-17-16(21)18(3)14-6-4-5-7-14/h12-14H,4-11H2,1-3H3,(H,17,21)(H,19,20). The summed E-state index contributed by atoms with van der Waals surface area (Å²) in [5.41, 5.74) is 0. The molecule has 0 aromatic heterocycles. The van der Waals surface area contributed by atoms with Gasteiger partial charge >= 0.3 is 12.0 Å². The Hall–Kier alpha value is -1.26. The molecule has 1 rings (SSSR count). The second-order valence-electron chi connectivity index (χ2n) is 6.51. The average Bonchev–Trinajstić information content (AvgIpc) is 2.94. The molecule has 0 bridgehead atoms. The van der Waals surface area contributed by atoms with Gasteiger partial charge in [0, 0.05) is 26.1 Å². The maximum absolute atomic E-state index is 12.1. The Morgan fingerprint density at radius 1 is 1.24 bits per heavy atom. The van der Waals surface area contributed by atoms with E-state index >= 15 is 0 Å². The lowest BCUT2D eigenvalue weighted by Gasteiger charge is -2.26. The number of hydrogen-bond donors (Lipinski definition) is 2. The fourth-order valence-corrected chi connectivity index (χ4v) is 3.07. The van der Waals surface area contributed by atoms with Crippen LogP contribution in [0.15, 0.2) is 0 Å². The summed E-state index contributed by atoms with van der Waals surface area (Å²) in [7, 11) is 1.87. The molecule has 0 saturated heterocycles. The van der Waals surface area contributed by atoms with Gasteiger partial charge in [0.25, 0.3) is 0 Å². The number of hydrogen-bond acceptors (Lipinski definition) is 2. The Morgan fingerprint density at radius 3 is 2.38 bits per heavy atom. The van der Waals surface area contributed by atoms with E-state index in [9.17, 15) is 9.59 Å². The van der Waals surface area contributed by atoms with E-state index in [1.54, 1.807) is 0 Å². The normalized spacial score (nSPS) is 17.0. The molecule has 5 nitrogen and oxygen atoms in total.